The van der Waals surface area contributed by atoms with Crippen LogP contribution in [0.25, 0.3) is 0 Å². The van der Waals surface area contributed by atoms with Crippen molar-refractivity contribution in [3.63, 3.8) is 0 Å². The number of aryl methyl sites for hydroxylation is 1. The van der Waals surface area contributed by atoms with Crippen molar-refractivity contribution in [3.05, 3.63) is 46.6 Å². The van der Waals surface area contributed by atoms with Gasteiger partial charge in [0.25, 0.3) is 0 Å². The molecule has 20 heavy (non-hydrogen) atoms. The first kappa shape index (κ1) is 14.6. The van der Waals surface area contributed by atoms with E-state index in [0.29, 0.717) is 11.5 Å². The Hall–Kier alpha value is -1.76. The Morgan fingerprint density at radius 1 is 1.25 bits per heavy atom. The van der Waals surface area contributed by atoms with Gasteiger partial charge in [-0.3, -0.25) is 0 Å². The van der Waals surface area contributed by atoms with Crippen molar-refractivity contribution in [2.45, 2.75) is 13.3 Å². The minimum atomic E-state index is -4.70. The van der Waals surface area contributed by atoms with Crippen LogP contribution in [0.5, 0.6) is 5.75 Å². The number of nitrogens with one attached hydrogen (secondary N) is 1. The van der Waals surface area contributed by atoms with Gasteiger partial charge in [0.1, 0.15) is 11.6 Å². The second kappa shape index (κ2) is 5.70. The summed E-state index contributed by atoms with van der Waals surface area (Å²) in [6.45, 7) is 1.89. The van der Waals surface area contributed by atoms with Crippen LogP contribution >= 0.6 is 15.9 Å². The van der Waals surface area contributed by atoms with E-state index in [1.54, 1.807) is 18.3 Å². The molecule has 0 aliphatic heterocycles. The third kappa shape index (κ3) is 4.12. The first-order chi connectivity index (χ1) is 9.33. The SMILES string of the molecule is Cc1cc(Nc2cccc(OC(F)(F)F)c2)ncc1Br. The molecule has 106 valence electrons. The first-order valence-corrected chi connectivity index (χ1v) is 6.38. The van der Waals surface area contributed by atoms with Gasteiger partial charge >= 0.3 is 6.36 Å². The smallest absolute Gasteiger partial charge is 0.406 e. The second-order valence-electron chi connectivity index (χ2n) is 4.02. The van der Waals surface area contributed by atoms with Crippen LogP contribution < -0.4 is 10.1 Å². The Bertz CT molecular complexity index is 617. The van der Waals surface area contributed by atoms with Crippen molar-refractivity contribution in [2.24, 2.45) is 0 Å². The van der Waals surface area contributed by atoms with Crippen molar-refractivity contribution in [1.82, 2.24) is 4.98 Å². The lowest BCUT2D eigenvalue weighted by Crippen LogP contribution is -2.17. The van der Waals surface area contributed by atoms with Gasteiger partial charge in [-0.1, -0.05) is 6.07 Å². The summed E-state index contributed by atoms with van der Waals surface area (Å²) in [5, 5.41) is 2.92. The van der Waals surface area contributed by atoms with Crippen LogP contribution in [-0.2, 0) is 0 Å². The molecule has 1 aromatic heterocycles. The van der Waals surface area contributed by atoms with Gasteiger partial charge in [-0.25, -0.2) is 4.98 Å². The van der Waals surface area contributed by atoms with Crippen LogP contribution in [0.15, 0.2) is 41.0 Å². The van der Waals surface area contributed by atoms with E-state index < -0.39 is 6.36 Å². The Labute approximate surface area is 121 Å². The van der Waals surface area contributed by atoms with Crippen LogP contribution in [0, 0.1) is 6.92 Å². The summed E-state index contributed by atoms with van der Waals surface area (Å²) in [6, 6.07) is 7.37. The minimum absolute atomic E-state index is 0.281. The van der Waals surface area contributed by atoms with Crippen molar-refractivity contribution in [1.29, 1.82) is 0 Å². The van der Waals surface area contributed by atoms with Crippen LogP contribution in [0.2, 0.25) is 0 Å². The van der Waals surface area contributed by atoms with Crippen LogP contribution in [0.1, 0.15) is 5.56 Å². The maximum absolute atomic E-state index is 12.1. The van der Waals surface area contributed by atoms with Gasteiger partial charge in [0, 0.05) is 22.4 Å². The molecule has 0 saturated carbocycles. The highest BCUT2D eigenvalue weighted by atomic mass is 79.9. The number of nitrogens with zero attached hydrogens (tertiary/aromatic N) is 1. The van der Waals surface area contributed by atoms with E-state index in [0.717, 1.165) is 10.0 Å². The summed E-state index contributed by atoms with van der Waals surface area (Å²) in [4.78, 5) is 4.12. The molecule has 2 rings (SSSR count). The highest BCUT2D eigenvalue weighted by Gasteiger charge is 2.31. The highest BCUT2D eigenvalue weighted by molar-refractivity contribution is 9.10. The lowest BCUT2D eigenvalue weighted by molar-refractivity contribution is -0.274. The average Bonchev–Trinajstić information content (AvgIpc) is 2.32. The Morgan fingerprint density at radius 2 is 2.00 bits per heavy atom. The third-order valence-corrected chi connectivity index (χ3v) is 3.22. The van der Waals surface area contributed by atoms with Crippen molar-refractivity contribution in [3.8, 4) is 5.75 Å². The molecular weight excluding hydrogens is 337 g/mol. The predicted octanol–water partition coefficient (Wildman–Crippen LogP) is 4.79. The zero-order valence-corrected chi connectivity index (χ0v) is 11.9. The van der Waals surface area contributed by atoms with Gasteiger partial charge < -0.3 is 10.1 Å². The summed E-state index contributed by atoms with van der Waals surface area (Å²) in [7, 11) is 0. The number of hydrogen-bond acceptors (Lipinski definition) is 3. The normalized spacial score (nSPS) is 11.2. The molecule has 3 nitrogen and oxygen atoms in total. The first-order valence-electron chi connectivity index (χ1n) is 5.58. The minimum Gasteiger partial charge on any atom is -0.406 e. The van der Waals surface area contributed by atoms with E-state index in [4.69, 9.17) is 0 Å². The molecule has 0 radical (unpaired) electrons. The van der Waals surface area contributed by atoms with Gasteiger partial charge in [0.2, 0.25) is 0 Å². The van der Waals surface area contributed by atoms with E-state index in [2.05, 4.69) is 31.0 Å². The molecule has 0 fully saturated rings. The Balaban J connectivity index is 2.17. The summed E-state index contributed by atoms with van der Waals surface area (Å²) in [5.74, 6) is 0.256. The molecule has 0 atom stereocenters. The summed E-state index contributed by atoms with van der Waals surface area (Å²) in [6.07, 6.45) is -3.08. The average molecular weight is 347 g/mol. The van der Waals surface area contributed by atoms with Crippen molar-refractivity contribution >= 4 is 27.4 Å². The molecule has 0 aliphatic carbocycles. The second-order valence-corrected chi connectivity index (χ2v) is 4.87. The van der Waals surface area contributed by atoms with Crippen LogP contribution in [-0.4, -0.2) is 11.3 Å². The largest absolute Gasteiger partial charge is 0.573 e. The van der Waals surface area contributed by atoms with Gasteiger partial charge in [-0.05, 0) is 46.6 Å². The number of rotatable bonds is 3. The number of hydrogen-bond donors (Lipinski definition) is 1. The Morgan fingerprint density at radius 3 is 2.65 bits per heavy atom. The molecule has 1 aromatic carbocycles. The lowest BCUT2D eigenvalue weighted by Gasteiger charge is -2.11. The summed E-state index contributed by atoms with van der Waals surface area (Å²) in [5.41, 5.74) is 1.42. The standard InChI is InChI=1S/C13H10BrF3N2O/c1-8-5-12(18-7-11(8)14)19-9-3-2-4-10(6-9)20-13(15,16)17/h2-7H,1H3,(H,18,19). The maximum Gasteiger partial charge on any atom is 0.573 e. The highest BCUT2D eigenvalue weighted by Crippen LogP contribution is 2.27. The van der Waals surface area contributed by atoms with Gasteiger partial charge in [-0.15, -0.1) is 13.2 Å². The molecule has 0 bridgehead atoms. The molecule has 0 saturated heterocycles. The number of aromatic nitrogens is 1. The molecule has 1 N–H and O–H groups in total. The molecule has 1 heterocycles. The van der Waals surface area contributed by atoms with E-state index in [9.17, 15) is 13.2 Å². The summed E-state index contributed by atoms with van der Waals surface area (Å²) < 4.78 is 41.1. The van der Waals surface area contributed by atoms with E-state index >= 15 is 0 Å². The van der Waals surface area contributed by atoms with Crippen LogP contribution in [0.3, 0.4) is 0 Å². The Kier molecular flexibility index (Phi) is 4.17. The maximum atomic E-state index is 12.1. The van der Waals surface area contributed by atoms with Gasteiger partial charge in [0.05, 0.1) is 0 Å². The number of benzene rings is 1. The molecule has 2 aromatic rings. The number of anilines is 2. The molecular formula is C13H10BrF3N2O. The van der Waals surface area contributed by atoms with E-state index in [-0.39, 0.29) is 5.75 Å². The number of alkyl halides is 3. The van der Waals surface area contributed by atoms with E-state index in [1.165, 1.54) is 18.2 Å². The molecule has 0 amide bonds. The van der Waals surface area contributed by atoms with Gasteiger partial charge in [-0.2, -0.15) is 0 Å². The predicted molar refractivity (Wildman–Crippen MR) is 73.1 cm³/mol. The van der Waals surface area contributed by atoms with Crippen LogP contribution in [0.4, 0.5) is 24.7 Å². The van der Waals surface area contributed by atoms with E-state index in [1.807, 2.05) is 6.92 Å². The fourth-order valence-electron chi connectivity index (χ4n) is 1.53. The quantitative estimate of drug-likeness (QED) is 0.867. The fraction of sp³-hybridized carbons (Fsp3) is 0.154. The summed E-state index contributed by atoms with van der Waals surface area (Å²) >= 11 is 3.32. The fourth-order valence-corrected chi connectivity index (χ4v) is 1.74. The molecule has 7 heteroatoms. The zero-order valence-electron chi connectivity index (χ0n) is 10.3. The topological polar surface area (TPSA) is 34.1 Å². The van der Waals surface area contributed by atoms with Crippen molar-refractivity contribution < 1.29 is 17.9 Å². The molecule has 0 spiro atoms. The molecule has 0 unspecified atom stereocenters. The van der Waals surface area contributed by atoms with Crippen molar-refractivity contribution in [2.75, 3.05) is 5.32 Å². The zero-order chi connectivity index (χ0) is 14.8. The van der Waals surface area contributed by atoms with Gasteiger partial charge in [0.15, 0.2) is 0 Å². The lowest BCUT2D eigenvalue weighted by atomic mass is 10.2. The number of ether oxygens (including phenoxy) is 1. The third-order valence-electron chi connectivity index (χ3n) is 2.39. The monoisotopic (exact) mass is 346 g/mol. The number of halogens is 4. The number of pyridine rings is 1. The molecule has 0 aliphatic rings.